The Labute approximate surface area is 140 Å². The second kappa shape index (κ2) is 7.28. The van der Waals surface area contributed by atoms with E-state index in [1.54, 1.807) is 12.3 Å². The van der Waals surface area contributed by atoms with Crippen molar-refractivity contribution in [3.05, 3.63) is 48.1 Å². The molecule has 0 amide bonds. The van der Waals surface area contributed by atoms with Crippen LogP contribution in [0, 0.1) is 0 Å². The molecule has 0 unspecified atom stereocenters. The Morgan fingerprint density at radius 2 is 2.00 bits per heavy atom. The number of aromatic nitrogens is 3. The van der Waals surface area contributed by atoms with Crippen molar-refractivity contribution in [3.63, 3.8) is 0 Å². The molecule has 1 aliphatic rings. The lowest BCUT2D eigenvalue weighted by Crippen LogP contribution is -2.47. The van der Waals surface area contributed by atoms with E-state index < -0.39 is 0 Å². The topological polar surface area (TPSA) is 57.2 Å². The van der Waals surface area contributed by atoms with Crippen LogP contribution >= 0.6 is 11.6 Å². The van der Waals surface area contributed by atoms with Crippen molar-refractivity contribution < 1.29 is 0 Å². The highest BCUT2D eigenvalue weighted by molar-refractivity contribution is 6.30. The van der Waals surface area contributed by atoms with E-state index in [1.165, 1.54) is 0 Å². The summed E-state index contributed by atoms with van der Waals surface area (Å²) < 4.78 is 0. The Morgan fingerprint density at radius 1 is 1.22 bits per heavy atom. The maximum Gasteiger partial charge on any atom is 0.247 e. The Morgan fingerprint density at radius 3 is 2.74 bits per heavy atom. The lowest BCUT2D eigenvalue weighted by Gasteiger charge is -2.36. The predicted molar refractivity (Wildman–Crippen MR) is 94.4 cm³/mol. The molecule has 23 heavy (non-hydrogen) atoms. The van der Waals surface area contributed by atoms with Crippen LogP contribution in [-0.4, -0.2) is 47.9 Å². The summed E-state index contributed by atoms with van der Waals surface area (Å²) in [5.74, 6) is 1.37. The summed E-state index contributed by atoms with van der Waals surface area (Å²) in [5, 5.41) is 12.1. The second-order valence-electron chi connectivity index (χ2n) is 5.27. The molecule has 2 aromatic rings. The van der Waals surface area contributed by atoms with Gasteiger partial charge in [0.25, 0.3) is 0 Å². The summed E-state index contributed by atoms with van der Waals surface area (Å²) in [5.41, 5.74) is 1.15. The lowest BCUT2D eigenvalue weighted by molar-refractivity contribution is 0.635. The van der Waals surface area contributed by atoms with Gasteiger partial charge >= 0.3 is 0 Å². The van der Waals surface area contributed by atoms with Gasteiger partial charge in [-0.05, 0) is 18.2 Å². The van der Waals surface area contributed by atoms with Crippen LogP contribution in [0.15, 0.2) is 43.1 Å². The lowest BCUT2D eigenvalue weighted by atomic mass is 10.2. The Bertz CT molecular complexity index is 669. The first kappa shape index (κ1) is 15.6. The van der Waals surface area contributed by atoms with Crippen molar-refractivity contribution in [1.82, 2.24) is 15.2 Å². The molecular formula is C16H19ClN6. The zero-order chi connectivity index (χ0) is 16.1. The van der Waals surface area contributed by atoms with Gasteiger partial charge in [0.15, 0.2) is 5.82 Å². The zero-order valence-electron chi connectivity index (χ0n) is 12.8. The molecule has 1 saturated heterocycles. The number of rotatable bonds is 5. The van der Waals surface area contributed by atoms with Crippen molar-refractivity contribution in [1.29, 1.82) is 0 Å². The molecule has 0 atom stereocenters. The standard InChI is InChI=1S/C16H19ClN6/c1-2-6-18-15-12-19-21-16(20-15)23-9-7-22(8-10-23)14-5-3-4-13(17)11-14/h2-5,11-12H,1,6-10H2,(H,18,20,21). The minimum atomic E-state index is 0.653. The van der Waals surface area contributed by atoms with Gasteiger partial charge in [-0.25, -0.2) is 0 Å². The zero-order valence-corrected chi connectivity index (χ0v) is 13.6. The minimum Gasteiger partial charge on any atom is -0.368 e. The Hall–Kier alpha value is -2.34. The fourth-order valence-corrected chi connectivity index (χ4v) is 2.71. The minimum absolute atomic E-state index is 0.653. The number of piperazine rings is 1. The number of hydrogen-bond donors (Lipinski definition) is 1. The summed E-state index contributed by atoms with van der Waals surface area (Å²) in [6.45, 7) is 7.82. The predicted octanol–water partition coefficient (Wildman–Crippen LogP) is 2.45. The molecule has 6 nitrogen and oxygen atoms in total. The van der Waals surface area contributed by atoms with E-state index in [0.29, 0.717) is 18.3 Å². The summed E-state index contributed by atoms with van der Waals surface area (Å²) in [6.07, 6.45) is 3.40. The fourth-order valence-electron chi connectivity index (χ4n) is 2.53. The van der Waals surface area contributed by atoms with Gasteiger partial charge in [-0.15, -0.1) is 11.7 Å². The normalized spacial score (nSPS) is 14.7. The average Bonchev–Trinajstić information content (AvgIpc) is 2.60. The van der Waals surface area contributed by atoms with Crippen LogP contribution in [0.4, 0.5) is 17.5 Å². The van der Waals surface area contributed by atoms with Crippen LogP contribution in [0.3, 0.4) is 0 Å². The van der Waals surface area contributed by atoms with Gasteiger partial charge in [0.05, 0.1) is 6.20 Å². The monoisotopic (exact) mass is 330 g/mol. The second-order valence-corrected chi connectivity index (χ2v) is 5.70. The summed E-state index contributed by atoms with van der Waals surface area (Å²) in [4.78, 5) is 8.96. The molecule has 0 spiro atoms. The number of anilines is 3. The van der Waals surface area contributed by atoms with Gasteiger partial charge in [-0.1, -0.05) is 23.7 Å². The number of nitrogens with zero attached hydrogens (tertiary/aromatic N) is 5. The summed E-state index contributed by atoms with van der Waals surface area (Å²) in [6, 6.07) is 7.95. The number of nitrogens with one attached hydrogen (secondary N) is 1. The molecule has 1 N–H and O–H groups in total. The maximum atomic E-state index is 6.07. The van der Waals surface area contributed by atoms with Crippen molar-refractivity contribution >= 4 is 29.1 Å². The molecular weight excluding hydrogens is 312 g/mol. The van der Waals surface area contributed by atoms with Gasteiger partial charge in [-0.3, -0.25) is 0 Å². The highest BCUT2D eigenvalue weighted by Gasteiger charge is 2.20. The molecule has 0 radical (unpaired) electrons. The molecule has 120 valence electrons. The van der Waals surface area contributed by atoms with Gasteiger partial charge in [0.1, 0.15) is 0 Å². The number of benzene rings is 1. The van der Waals surface area contributed by atoms with Crippen LogP contribution in [0.1, 0.15) is 0 Å². The van der Waals surface area contributed by atoms with Crippen molar-refractivity contribution in [2.75, 3.05) is 47.8 Å². The molecule has 1 aromatic heterocycles. The van der Waals surface area contributed by atoms with Crippen LogP contribution in [0.25, 0.3) is 0 Å². The van der Waals surface area contributed by atoms with E-state index in [1.807, 2.05) is 18.2 Å². The smallest absolute Gasteiger partial charge is 0.247 e. The third-order valence-electron chi connectivity index (χ3n) is 3.71. The van der Waals surface area contributed by atoms with Gasteiger partial charge in [-0.2, -0.15) is 10.1 Å². The third-order valence-corrected chi connectivity index (χ3v) is 3.95. The molecule has 1 aliphatic heterocycles. The van der Waals surface area contributed by atoms with Crippen molar-refractivity contribution in [2.24, 2.45) is 0 Å². The summed E-state index contributed by atoms with van der Waals surface area (Å²) >= 11 is 6.07. The third kappa shape index (κ3) is 3.90. The van der Waals surface area contributed by atoms with Crippen LogP contribution in [0.2, 0.25) is 5.02 Å². The highest BCUT2D eigenvalue weighted by atomic mass is 35.5. The van der Waals surface area contributed by atoms with Gasteiger partial charge in [0.2, 0.25) is 5.95 Å². The Balaban J connectivity index is 1.63. The molecule has 7 heteroatoms. The average molecular weight is 331 g/mol. The SMILES string of the molecule is C=CCNc1cnnc(N2CCN(c3cccc(Cl)c3)CC2)n1. The van der Waals surface area contributed by atoms with Crippen LogP contribution in [-0.2, 0) is 0 Å². The van der Waals surface area contributed by atoms with Crippen LogP contribution in [0.5, 0.6) is 0 Å². The quantitative estimate of drug-likeness (QED) is 0.850. The highest BCUT2D eigenvalue weighted by Crippen LogP contribution is 2.21. The molecule has 0 bridgehead atoms. The number of halogens is 1. The molecule has 1 aromatic carbocycles. The Kier molecular flexibility index (Phi) is 4.92. The fraction of sp³-hybridized carbons (Fsp3) is 0.312. The van der Waals surface area contributed by atoms with E-state index in [9.17, 15) is 0 Å². The number of hydrogen-bond acceptors (Lipinski definition) is 6. The van der Waals surface area contributed by atoms with Gasteiger partial charge in [0, 0.05) is 43.4 Å². The van der Waals surface area contributed by atoms with E-state index >= 15 is 0 Å². The van der Waals surface area contributed by atoms with E-state index in [-0.39, 0.29) is 0 Å². The van der Waals surface area contributed by atoms with Gasteiger partial charge < -0.3 is 15.1 Å². The largest absolute Gasteiger partial charge is 0.368 e. The van der Waals surface area contributed by atoms with Crippen LogP contribution < -0.4 is 15.1 Å². The molecule has 3 rings (SSSR count). The molecule has 2 heterocycles. The molecule has 0 aliphatic carbocycles. The molecule has 1 fully saturated rings. The van der Waals surface area contributed by atoms with E-state index in [4.69, 9.17) is 11.6 Å². The first-order chi connectivity index (χ1) is 11.3. The maximum absolute atomic E-state index is 6.07. The van der Waals surface area contributed by atoms with E-state index in [2.05, 4.69) is 42.9 Å². The first-order valence-electron chi connectivity index (χ1n) is 7.56. The van der Waals surface area contributed by atoms with Crippen molar-refractivity contribution in [2.45, 2.75) is 0 Å². The molecule has 0 saturated carbocycles. The first-order valence-corrected chi connectivity index (χ1v) is 7.94. The van der Waals surface area contributed by atoms with Crippen molar-refractivity contribution in [3.8, 4) is 0 Å². The van der Waals surface area contributed by atoms with E-state index in [0.717, 1.165) is 36.9 Å². The summed E-state index contributed by atoms with van der Waals surface area (Å²) in [7, 11) is 0.